The molecule has 18 heavy (non-hydrogen) atoms. The Morgan fingerprint density at radius 3 is 2.67 bits per heavy atom. The Labute approximate surface area is 110 Å². The molecule has 0 unspecified atom stereocenters. The quantitative estimate of drug-likeness (QED) is 0.498. The number of halogens is 1. The van der Waals surface area contributed by atoms with Gasteiger partial charge >= 0.3 is 0 Å². The summed E-state index contributed by atoms with van der Waals surface area (Å²) in [6.07, 6.45) is 3.78. The molecule has 0 spiro atoms. The van der Waals surface area contributed by atoms with E-state index in [9.17, 15) is 0 Å². The van der Waals surface area contributed by atoms with Crippen LogP contribution in [0.15, 0.2) is 54.9 Å². The van der Waals surface area contributed by atoms with Crippen LogP contribution in [0.2, 0.25) is 0 Å². The molecule has 0 aliphatic rings. The van der Waals surface area contributed by atoms with Crippen LogP contribution in [-0.2, 0) is 0 Å². The van der Waals surface area contributed by atoms with Crippen LogP contribution in [0.25, 0.3) is 32.6 Å². The van der Waals surface area contributed by atoms with Crippen LogP contribution in [0.5, 0.6) is 0 Å². The lowest BCUT2D eigenvalue weighted by Crippen LogP contribution is -1.76. The molecule has 0 saturated carbocycles. The van der Waals surface area contributed by atoms with Gasteiger partial charge in [0.2, 0.25) is 0 Å². The number of nitrogens with zero attached hydrogens (tertiary/aromatic N) is 1. The molecule has 0 fully saturated rings. The monoisotopic (exact) mass is 254 g/mol. The summed E-state index contributed by atoms with van der Waals surface area (Å²) in [5, 5.41) is 4.98. The topological polar surface area (TPSA) is 28.7 Å². The van der Waals surface area contributed by atoms with Crippen molar-refractivity contribution >= 4 is 45.0 Å². The van der Waals surface area contributed by atoms with Crippen LogP contribution in [-0.4, -0.2) is 9.97 Å². The normalized spacial score (nSPS) is 10.9. The van der Waals surface area contributed by atoms with Gasteiger partial charge in [-0.25, -0.2) is 0 Å². The van der Waals surface area contributed by atoms with Gasteiger partial charge in [0.25, 0.3) is 0 Å². The zero-order valence-electron chi connectivity index (χ0n) is 9.55. The minimum atomic E-state index is 0. The lowest BCUT2D eigenvalue weighted by atomic mass is 10.1. The molecule has 2 heterocycles. The zero-order valence-corrected chi connectivity index (χ0v) is 10.4. The Bertz CT molecular complexity index is 843. The summed E-state index contributed by atoms with van der Waals surface area (Å²) >= 11 is 0. The van der Waals surface area contributed by atoms with Crippen molar-refractivity contribution in [1.29, 1.82) is 0 Å². The van der Waals surface area contributed by atoms with Crippen LogP contribution < -0.4 is 0 Å². The lowest BCUT2D eigenvalue weighted by molar-refractivity contribution is 1.37. The Hall–Kier alpha value is -2.06. The fraction of sp³-hybridized carbons (Fsp3) is 0. The van der Waals surface area contributed by atoms with E-state index in [1.54, 1.807) is 0 Å². The Balaban J connectivity index is 0.000001000. The zero-order chi connectivity index (χ0) is 11.2. The van der Waals surface area contributed by atoms with Gasteiger partial charge in [0, 0.05) is 39.6 Å². The van der Waals surface area contributed by atoms with Crippen molar-refractivity contribution in [1.82, 2.24) is 9.97 Å². The molecule has 88 valence electrons. The molecule has 4 aromatic rings. The number of aromatic amines is 1. The smallest absolute Gasteiger partial charge is 0.0471 e. The highest BCUT2D eigenvalue weighted by Gasteiger charge is 2.06. The number of H-pyrrole nitrogens is 1. The van der Waals surface area contributed by atoms with Crippen LogP contribution >= 0.6 is 12.4 Å². The molecule has 1 N–H and O–H groups in total. The Kier molecular flexibility index (Phi) is 2.46. The molecular weight excluding hydrogens is 244 g/mol. The molecule has 2 aromatic carbocycles. The molecule has 0 saturated heterocycles. The number of pyridine rings is 1. The highest BCUT2D eigenvalue weighted by Crippen LogP contribution is 2.31. The van der Waals surface area contributed by atoms with Crippen molar-refractivity contribution in [2.75, 3.05) is 0 Å². The number of rotatable bonds is 0. The number of hydrogen-bond donors (Lipinski definition) is 1. The summed E-state index contributed by atoms with van der Waals surface area (Å²) in [6.45, 7) is 0. The average Bonchev–Trinajstić information content (AvgIpc) is 2.77. The van der Waals surface area contributed by atoms with E-state index in [-0.39, 0.29) is 12.4 Å². The van der Waals surface area contributed by atoms with E-state index in [1.807, 2.05) is 12.4 Å². The number of hydrogen-bond acceptors (Lipinski definition) is 1. The van der Waals surface area contributed by atoms with Crippen molar-refractivity contribution in [3.8, 4) is 0 Å². The molecule has 4 rings (SSSR count). The number of para-hydroxylation sites is 1. The van der Waals surface area contributed by atoms with Crippen molar-refractivity contribution in [3.63, 3.8) is 0 Å². The van der Waals surface area contributed by atoms with E-state index < -0.39 is 0 Å². The first kappa shape index (κ1) is 11.1. The van der Waals surface area contributed by atoms with Gasteiger partial charge in [0.1, 0.15) is 0 Å². The van der Waals surface area contributed by atoms with Gasteiger partial charge < -0.3 is 4.98 Å². The summed E-state index contributed by atoms with van der Waals surface area (Å²) in [6, 6.07) is 14.7. The van der Waals surface area contributed by atoms with Gasteiger partial charge in [0.15, 0.2) is 0 Å². The fourth-order valence-corrected chi connectivity index (χ4v) is 2.51. The summed E-state index contributed by atoms with van der Waals surface area (Å²) in [5.74, 6) is 0. The molecule has 2 aromatic heterocycles. The first-order valence-corrected chi connectivity index (χ1v) is 5.67. The van der Waals surface area contributed by atoms with Crippen LogP contribution in [0.3, 0.4) is 0 Å². The van der Waals surface area contributed by atoms with E-state index in [2.05, 4.69) is 52.4 Å². The minimum absolute atomic E-state index is 0. The van der Waals surface area contributed by atoms with E-state index in [1.165, 1.54) is 32.6 Å². The Morgan fingerprint density at radius 2 is 1.72 bits per heavy atom. The molecule has 0 radical (unpaired) electrons. The third kappa shape index (κ3) is 1.39. The number of nitrogens with one attached hydrogen (secondary N) is 1. The molecule has 0 atom stereocenters. The molecular formula is C15H11ClN2. The van der Waals surface area contributed by atoms with Crippen molar-refractivity contribution in [2.24, 2.45) is 0 Å². The predicted molar refractivity (Wildman–Crippen MR) is 78.4 cm³/mol. The summed E-state index contributed by atoms with van der Waals surface area (Å²) in [7, 11) is 0. The fourth-order valence-electron chi connectivity index (χ4n) is 2.51. The second kappa shape index (κ2) is 4.00. The summed E-state index contributed by atoms with van der Waals surface area (Å²) in [4.78, 5) is 7.68. The van der Waals surface area contributed by atoms with Crippen molar-refractivity contribution < 1.29 is 0 Å². The molecule has 0 aliphatic heterocycles. The largest absolute Gasteiger partial charge is 0.354 e. The van der Waals surface area contributed by atoms with E-state index in [0.29, 0.717) is 0 Å². The van der Waals surface area contributed by atoms with E-state index in [4.69, 9.17) is 0 Å². The van der Waals surface area contributed by atoms with Gasteiger partial charge in [-0.1, -0.05) is 24.3 Å². The van der Waals surface area contributed by atoms with Crippen LogP contribution in [0.1, 0.15) is 0 Å². The highest BCUT2D eigenvalue weighted by molar-refractivity contribution is 6.19. The standard InChI is InChI=1S/C15H10N2.ClH/c1-2-4-13-11(3-1)15-12-9-16-8-7-10(12)5-6-14(15)17-13;/h1-9,17H;1H. The van der Waals surface area contributed by atoms with Crippen LogP contribution in [0.4, 0.5) is 0 Å². The third-order valence-corrected chi connectivity index (χ3v) is 3.29. The number of aromatic nitrogens is 2. The number of fused-ring (bicyclic) bond motifs is 5. The molecule has 2 nitrogen and oxygen atoms in total. The van der Waals surface area contributed by atoms with Gasteiger partial charge in [-0.15, -0.1) is 12.4 Å². The molecule has 0 amide bonds. The minimum Gasteiger partial charge on any atom is -0.354 e. The predicted octanol–water partition coefficient (Wildman–Crippen LogP) is 4.29. The van der Waals surface area contributed by atoms with Gasteiger partial charge in [-0.05, 0) is 23.6 Å². The molecule has 0 bridgehead atoms. The maximum atomic E-state index is 4.24. The average molecular weight is 255 g/mol. The SMILES string of the molecule is Cl.c1ccc2c(c1)[nH]c1ccc3ccncc3c12. The second-order valence-corrected chi connectivity index (χ2v) is 4.26. The third-order valence-electron chi connectivity index (χ3n) is 3.29. The first-order chi connectivity index (χ1) is 8.43. The van der Waals surface area contributed by atoms with Crippen LogP contribution in [0, 0.1) is 0 Å². The maximum Gasteiger partial charge on any atom is 0.0471 e. The highest BCUT2D eigenvalue weighted by atomic mass is 35.5. The van der Waals surface area contributed by atoms with Gasteiger partial charge in [0.05, 0.1) is 0 Å². The second-order valence-electron chi connectivity index (χ2n) is 4.26. The van der Waals surface area contributed by atoms with Crippen molar-refractivity contribution in [2.45, 2.75) is 0 Å². The molecule has 0 aliphatic carbocycles. The Morgan fingerprint density at radius 1 is 0.833 bits per heavy atom. The van der Waals surface area contributed by atoms with Crippen molar-refractivity contribution in [3.05, 3.63) is 54.9 Å². The summed E-state index contributed by atoms with van der Waals surface area (Å²) < 4.78 is 0. The lowest BCUT2D eigenvalue weighted by Gasteiger charge is -1.98. The summed E-state index contributed by atoms with van der Waals surface area (Å²) in [5.41, 5.74) is 2.35. The van der Waals surface area contributed by atoms with Gasteiger partial charge in [-0.3, -0.25) is 4.98 Å². The van der Waals surface area contributed by atoms with Gasteiger partial charge in [-0.2, -0.15) is 0 Å². The van der Waals surface area contributed by atoms with E-state index in [0.717, 1.165) is 0 Å². The number of benzene rings is 2. The van der Waals surface area contributed by atoms with E-state index >= 15 is 0 Å². The molecule has 3 heteroatoms. The first-order valence-electron chi connectivity index (χ1n) is 5.67. The maximum absolute atomic E-state index is 4.24.